The van der Waals surface area contributed by atoms with E-state index in [9.17, 15) is 0 Å². The second-order valence-corrected chi connectivity index (χ2v) is 0.802. The molecule has 0 rings (SSSR count). The fourth-order valence-corrected chi connectivity index (χ4v) is 0. The maximum Gasteiger partial charge on any atom is 0.0984 e. The standard InChI is InChI=1S/CH3BrO.Cu/c1-3-2;/h1H3;. The van der Waals surface area contributed by atoms with Crippen molar-refractivity contribution in [3.63, 3.8) is 0 Å². The smallest absolute Gasteiger partial charge is 0.0984 e. The van der Waals surface area contributed by atoms with Crippen molar-refractivity contribution in [2.75, 3.05) is 7.11 Å². The number of hydrogen-bond donors (Lipinski definition) is 0. The van der Waals surface area contributed by atoms with Gasteiger partial charge in [0.05, 0.1) is 23.4 Å². The summed E-state index contributed by atoms with van der Waals surface area (Å²) in [5.74, 6) is 0. The summed E-state index contributed by atoms with van der Waals surface area (Å²) in [6.45, 7) is 0. The molecule has 0 heterocycles. The Morgan fingerprint density at radius 1 is 1.75 bits per heavy atom. The number of halogens is 1. The molecule has 0 fully saturated rings. The quantitative estimate of drug-likeness (QED) is 0.497. The molecule has 0 unspecified atom stereocenters. The first kappa shape index (κ1) is 8.88. The Morgan fingerprint density at radius 2 is 1.75 bits per heavy atom. The topological polar surface area (TPSA) is 9.23 Å². The van der Waals surface area contributed by atoms with Crippen LogP contribution in [0, 0.1) is 0 Å². The largest absolute Gasteiger partial charge is 0.311 e. The Morgan fingerprint density at radius 3 is 1.75 bits per heavy atom. The van der Waals surface area contributed by atoms with Crippen LogP contribution in [0.2, 0.25) is 0 Å². The van der Waals surface area contributed by atoms with Gasteiger partial charge in [0.15, 0.2) is 0 Å². The summed E-state index contributed by atoms with van der Waals surface area (Å²) in [6, 6.07) is 0. The van der Waals surface area contributed by atoms with Crippen LogP contribution in [-0.2, 0) is 20.9 Å². The van der Waals surface area contributed by atoms with Gasteiger partial charge in [-0.3, -0.25) is 0 Å². The molecule has 3 heteroatoms. The van der Waals surface area contributed by atoms with Crippen molar-refractivity contribution >= 4 is 16.3 Å². The van der Waals surface area contributed by atoms with Crippen molar-refractivity contribution in [1.29, 1.82) is 0 Å². The van der Waals surface area contributed by atoms with Gasteiger partial charge in [0.2, 0.25) is 0 Å². The summed E-state index contributed by atoms with van der Waals surface area (Å²) in [4.78, 5) is 0. The summed E-state index contributed by atoms with van der Waals surface area (Å²) in [5, 5.41) is 0. The molecule has 0 aromatic carbocycles. The molecule has 0 bridgehead atoms. The predicted octanol–water partition coefficient (Wildman–Crippen LogP) is 0.940. The van der Waals surface area contributed by atoms with Gasteiger partial charge in [0, 0.05) is 17.1 Å². The molecule has 31 valence electrons. The summed E-state index contributed by atoms with van der Waals surface area (Å²) >= 11 is 2.65. The molecule has 0 aliphatic rings. The molecular weight excluding hydrogens is 171 g/mol. The van der Waals surface area contributed by atoms with E-state index in [0.29, 0.717) is 0 Å². The van der Waals surface area contributed by atoms with Crippen LogP contribution in [0.25, 0.3) is 0 Å². The summed E-state index contributed by atoms with van der Waals surface area (Å²) < 4.78 is 4.06. The van der Waals surface area contributed by atoms with Crippen LogP contribution in [-0.4, -0.2) is 7.11 Å². The molecule has 0 saturated heterocycles. The van der Waals surface area contributed by atoms with Crippen LogP contribution in [0.5, 0.6) is 0 Å². The van der Waals surface area contributed by atoms with Gasteiger partial charge in [-0.2, -0.15) is 0 Å². The summed E-state index contributed by atoms with van der Waals surface area (Å²) in [7, 11) is 1.54. The maximum atomic E-state index is 4.06. The minimum Gasteiger partial charge on any atom is -0.311 e. The van der Waals surface area contributed by atoms with Crippen molar-refractivity contribution in [2.24, 2.45) is 0 Å². The summed E-state index contributed by atoms with van der Waals surface area (Å²) in [5.41, 5.74) is 0. The second kappa shape index (κ2) is 9.03. The van der Waals surface area contributed by atoms with Crippen LogP contribution in [0.15, 0.2) is 0 Å². The molecule has 1 nitrogen and oxygen atoms in total. The van der Waals surface area contributed by atoms with Gasteiger partial charge >= 0.3 is 0 Å². The molecule has 0 atom stereocenters. The fourth-order valence-electron chi connectivity index (χ4n) is 0. The van der Waals surface area contributed by atoms with E-state index in [1.165, 1.54) is 0 Å². The van der Waals surface area contributed by atoms with Crippen LogP contribution in [0.1, 0.15) is 0 Å². The zero-order valence-corrected chi connectivity index (χ0v) is 4.62. The fraction of sp³-hybridized carbons (Fsp3) is 1.00. The van der Waals surface area contributed by atoms with Gasteiger partial charge in [0.1, 0.15) is 0 Å². The Kier molecular flexibility index (Phi) is 20.0. The molecule has 0 aliphatic heterocycles. The van der Waals surface area contributed by atoms with Crippen LogP contribution >= 0.6 is 16.3 Å². The molecule has 0 aromatic rings. The van der Waals surface area contributed by atoms with E-state index in [4.69, 9.17) is 0 Å². The van der Waals surface area contributed by atoms with Gasteiger partial charge in [-0.05, 0) is 0 Å². The van der Waals surface area contributed by atoms with E-state index in [1.807, 2.05) is 0 Å². The second-order valence-electron chi connectivity index (χ2n) is 0.154. The van der Waals surface area contributed by atoms with Crippen molar-refractivity contribution in [3.05, 3.63) is 0 Å². The number of rotatable bonds is 0. The SMILES string of the molecule is COBr.[Cu]. The Bertz CT molecular complexity index is 8.00. The first-order valence-electron chi connectivity index (χ1n) is 0.563. The molecule has 0 aromatic heterocycles. The van der Waals surface area contributed by atoms with E-state index in [0.717, 1.165) is 0 Å². The third-order valence-electron chi connectivity index (χ3n) is 0. The molecule has 0 N–H and O–H groups in total. The minimum atomic E-state index is 0. The Balaban J connectivity index is 0. The molecule has 0 aliphatic carbocycles. The average Bonchev–Trinajstić information content (AvgIpc) is 0.918. The molecule has 0 spiro atoms. The van der Waals surface area contributed by atoms with Crippen molar-refractivity contribution in [3.8, 4) is 0 Å². The average molecular weight is 174 g/mol. The summed E-state index contributed by atoms with van der Waals surface area (Å²) in [6.07, 6.45) is 0. The van der Waals surface area contributed by atoms with E-state index in [1.54, 1.807) is 7.11 Å². The Labute approximate surface area is 44.6 Å². The van der Waals surface area contributed by atoms with Crippen LogP contribution < -0.4 is 0 Å². The van der Waals surface area contributed by atoms with E-state index < -0.39 is 0 Å². The number of hydrogen-bond acceptors (Lipinski definition) is 1. The van der Waals surface area contributed by atoms with Gasteiger partial charge in [-0.25, -0.2) is 0 Å². The zero-order chi connectivity index (χ0) is 2.71. The first-order chi connectivity index (χ1) is 1.41. The van der Waals surface area contributed by atoms with E-state index >= 15 is 0 Å². The zero-order valence-electron chi connectivity index (χ0n) is 2.09. The molecule has 4 heavy (non-hydrogen) atoms. The normalized spacial score (nSPS) is 4.50. The van der Waals surface area contributed by atoms with Gasteiger partial charge in [0.25, 0.3) is 0 Å². The Hall–Kier alpha value is 0.959. The van der Waals surface area contributed by atoms with Gasteiger partial charge in [-0.1, -0.05) is 0 Å². The van der Waals surface area contributed by atoms with Crippen LogP contribution in [0.3, 0.4) is 0 Å². The predicted molar refractivity (Wildman–Crippen MR) is 15.9 cm³/mol. The van der Waals surface area contributed by atoms with Crippen molar-refractivity contribution in [2.45, 2.75) is 0 Å². The van der Waals surface area contributed by atoms with E-state index in [-0.39, 0.29) is 17.1 Å². The molecule has 1 radical (unpaired) electrons. The van der Waals surface area contributed by atoms with Gasteiger partial charge < -0.3 is 3.83 Å². The van der Waals surface area contributed by atoms with Crippen molar-refractivity contribution < 1.29 is 20.9 Å². The molecular formula is CH3BrCuO. The molecule has 0 amide bonds. The maximum absolute atomic E-state index is 4.06. The molecule has 0 saturated carbocycles. The third kappa shape index (κ3) is 12.3. The van der Waals surface area contributed by atoms with Crippen molar-refractivity contribution in [1.82, 2.24) is 0 Å². The van der Waals surface area contributed by atoms with E-state index in [2.05, 4.69) is 20.1 Å². The first-order valence-corrected chi connectivity index (χ1v) is 1.21. The van der Waals surface area contributed by atoms with Crippen LogP contribution in [0.4, 0.5) is 0 Å². The third-order valence-corrected chi connectivity index (χ3v) is 0. The van der Waals surface area contributed by atoms with Gasteiger partial charge in [-0.15, -0.1) is 0 Å². The monoisotopic (exact) mass is 173 g/mol. The minimum absolute atomic E-state index is 0.